The number of aliphatic carboxylic acids is 1. The van der Waals surface area contributed by atoms with Crippen molar-refractivity contribution < 1.29 is 29.0 Å². The van der Waals surface area contributed by atoms with E-state index in [1.165, 1.54) is 5.01 Å². The van der Waals surface area contributed by atoms with Gasteiger partial charge < -0.3 is 14.6 Å². The topological polar surface area (TPSA) is 112 Å². The second-order valence-electron chi connectivity index (χ2n) is 10.5. The number of carbonyl (C=O) groups is 3. The van der Waals surface area contributed by atoms with Gasteiger partial charge in [0.1, 0.15) is 17.6 Å². The predicted octanol–water partition coefficient (Wildman–Crippen LogP) is 1.69. The Morgan fingerprint density at radius 1 is 1.16 bits per heavy atom. The number of nitrogens with zero attached hydrogens (tertiary/aromatic N) is 3. The molecule has 210 valence electrons. The second-order valence-corrected chi connectivity index (χ2v) is 10.5. The highest BCUT2D eigenvalue weighted by molar-refractivity contribution is 5.91. The van der Waals surface area contributed by atoms with E-state index in [9.17, 15) is 19.5 Å². The van der Waals surface area contributed by atoms with Gasteiger partial charge in [0.25, 0.3) is 5.91 Å². The van der Waals surface area contributed by atoms with Crippen LogP contribution in [-0.4, -0.2) is 108 Å². The number of carboxylic acids is 1. The highest BCUT2D eigenvalue weighted by atomic mass is 16.5. The zero-order valence-corrected chi connectivity index (χ0v) is 22.5. The smallest absolute Gasteiger partial charge is 0.328 e. The molecule has 0 spiro atoms. The van der Waals surface area contributed by atoms with Gasteiger partial charge >= 0.3 is 11.9 Å². The number of rotatable bonds is 11. The van der Waals surface area contributed by atoms with Gasteiger partial charge in [0.2, 0.25) is 0 Å². The maximum atomic E-state index is 14.4. The number of carbonyl (C=O) groups excluding carboxylic acids is 2. The van der Waals surface area contributed by atoms with Gasteiger partial charge in [-0.05, 0) is 57.4 Å². The average Bonchev–Trinajstić information content (AvgIpc) is 3.07. The molecule has 10 heteroatoms. The zero-order valence-electron chi connectivity index (χ0n) is 22.5. The van der Waals surface area contributed by atoms with E-state index in [2.05, 4.69) is 10.2 Å². The molecule has 3 aliphatic rings. The molecule has 3 fully saturated rings. The van der Waals surface area contributed by atoms with E-state index in [0.29, 0.717) is 65.0 Å². The molecule has 3 heterocycles. The Morgan fingerprint density at radius 2 is 1.89 bits per heavy atom. The van der Waals surface area contributed by atoms with Crippen LogP contribution in [0.5, 0.6) is 0 Å². The van der Waals surface area contributed by atoms with Gasteiger partial charge in [-0.3, -0.25) is 24.8 Å². The van der Waals surface area contributed by atoms with Gasteiger partial charge in [-0.15, -0.1) is 0 Å². The highest BCUT2D eigenvalue weighted by Crippen LogP contribution is 2.32. The lowest BCUT2D eigenvalue weighted by Gasteiger charge is -2.45. The third-order valence-corrected chi connectivity index (χ3v) is 7.96. The molecule has 0 aliphatic carbocycles. The number of benzene rings is 1. The summed E-state index contributed by atoms with van der Waals surface area (Å²) >= 11 is 0. The summed E-state index contributed by atoms with van der Waals surface area (Å²) in [6, 6.07) is 8.36. The van der Waals surface area contributed by atoms with Crippen LogP contribution < -0.4 is 5.32 Å². The van der Waals surface area contributed by atoms with Crippen LogP contribution in [0.1, 0.15) is 51.0 Å². The van der Waals surface area contributed by atoms with Crippen LogP contribution in [0.3, 0.4) is 0 Å². The van der Waals surface area contributed by atoms with Crippen molar-refractivity contribution in [2.24, 2.45) is 0 Å². The number of fused-ring (bicyclic) bond motifs is 1. The number of aryl methyl sites for hydroxylation is 1. The Kier molecular flexibility index (Phi) is 10.1. The summed E-state index contributed by atoms with van der Waals surface area (Å²) in [4.78, 5) is 42.1. The number of nitrogens with one attached hydrogen (secondary N) is 1. The van der Waals surface area contributed by atoms with Crippen LogP contribution in [0.15, 0.2) is 30.3 Å². The van der Waals surface area contributed by atoms with Gasteiger partial charge in [0.15, 0.2) is 0 Å². The molecule has 3 atom stereocenters. The van der Waals surface area contributed by atoms with Crippen LogP contribution >= 0.6 is 0 Å². The number of hydrogen-bond acceptors (Lipinski definition) is 8. The lowest BCUT2D eigenvalue weighted by molar-refractivity contribution is -0.178. The fourth-order valence-corrected chi connectivity index (χ4v) is 5.89. The summed E-state index contributed by atoms with van der Waals surface area (Å²) in [5.74, 6) is -1.61. The van der Waals surface area contributed by atoms with Crippen molar-refractivity contribution in [2.75, 3.05) is 52.5 Å². The van der Waals surface area contributed by atoms with Crippen molar-refractivity contribution >= 4 is 17.8 Å². The van der Waals surface area contributed by atoms with Gasteiger partial charge in [0.05, 0.1) is 19.8 Å². The lowest BCUT2D eigenvalue weighted by atomic mass is 9.86. The number of esters is 1. The van der Waals surface area contributed by atoms with E-state index in [-0.39, 0.29) is 18.5 Å². The van der Waals surface area contributed by atoms with Gasteiger partial charge in [-0.1, -0.05) is 30.3 Å². The summed E-state index contributed by atoms with van der Waals surface area (Å²) < 4.78 is 10.9. The Morgan fingerprint density at radius 3 is 2.61 bits per heavy atom. The number of morpholine rings is 1. The molecule has 3 saturated heterocycles. The maximum Gasteiger partial charge on any atom is 0.328 e. The van der Waals surface area contributed by atoms with Crippen LogP contribution in [-0.2, 0) is 30.3 Å². The lowest BCUT2D eigenvalue weighted by Crippen LogP contribution is -2.67. The molecule has 0 saturated carbocycles. The molecule has 0 unspecified atom stereocenters. The molecular formula is C28H42N4O6. The Labute approximate surface area is 225 Å². The van der Waals surface area contributed by atoms with Crippen LogP contribution in [0.4, 0.5) is 0 Å². The first kappa shape index (κ1) is 28.5. The van der Waals surface area contributed by atoms with E-state index in [1.807, 2.05) is 35.3 Å². The molecule has 38 heavy (non-hydrogen) atoms. The summed E-state index contributed by atoms with van der Waals surface area (Å²) in [7, 11) is 0. The molecular weight excluding hydrogens is 488 g/mol. The number of ether oxygens (including phenoxy) is 2. The Balaban J connectivity index is 1.63. The number of amides is 1. The minimum Gasteiger partial charge on any atom is -0.480 e. The van der Waals surface area contributed by atoms with E-state index < -0.39 is 23.6 Å². The Hall–Kier alpha value is -2.53. The average molecular weight is 531 g/mol. The summed E-state index contributed by atoms with van der Waals surface area (Å²) in [5.41, 5.74) is 0.0259. The number of carboxylic acid groups (broad SMARTS) is 1. The standard InChI is InChI=1S/C28H42N4O6/c1-2-38-26(35)23(12-11-22-8-4-3-5-9-22)29-28(14-17-30-18-20-37-21-19-30)13-7-16-31-15-6-10-24(25(33)34)32(31)27(28)36/h3-5,8-9,23-24,29H,2,6-7,10-21H2,1H3,(H,33,34)/t23-,24-,28+/m0/s1. The van der Waals surface area contributed by atoms with Crippen molar-refractivity contribution in [1.82, 2.24) is 20.2 Å². The van der Waals surface area contributed by atoms with Gasteiger partial charge in [-0.2, -0.15) is 0 Å². The minimum atomic E-state index is -1.08. The summed E-state index contributed by atoms with van der Waals surface area (Å²) in [5, 5.41) is 16.9. The van der Waals surface area contributed by atoms with Crippen molar-refractivity contribution in [1.29, 1.82) is 0 Å². The highest BCUT2D eigenvalue weighted by Gasteiger charge is 2.50. The molecule has 0 radical (unpaired) electrons. The largest absolute Gasteiger partial charge is 0.480 e. The number of hydrazine groups is 1. The number of hydrogen-bond donors (Lipinski definition) is 2. The third-order valence-electron chi connectivity index (χ3n) is 7.96. The monoisotopic (exact) mass is 530 g/mol. The van der Waals surface area contributed by atoms with Crippen LogP contribution in [0.25, 0.3) is 0 Å². The van der Waals surface area contributed by atoms with E-state index in [1.54, 1.807) is 6.92 Å². The van der Waals surface area contributed by atoms with Crippen LogP contribution in [0, 0.1) is 0 Å². The molecule has 2 N–H and O–H groups in total. The molecule has 3 aliphatic heterocycles. The van der Waals surface area contributed by atoms with Crippen molar-refractivity contribution in [2.45, 2.75) is 69.5 Å². The zero-order chi connectivity index (χ0) is 27.0. The second kappa shape index (κ2) is 13.5. The van der Waals surface area contributed by atoms with E-state index in [0.717, 1.165) is 31.5 Å². The maximum absolute atomic E-state index is 14.4. The first-order chi connectivity index (χ1) is 18.4. The normalized spacial score (nSPS) is 25.9. The van der Waals surface area contributed by atoms with Crippen molar-refractivity contribution in [3.63, 3.8) is 0 Å². The molecule has 0 aromatic heterocycles. The quantitative estimate of drug-likeness (QED) is 0.413. The SMILES string of the molecule is CCOC(=O)[C@H](CCc1ccccc1)N[C@@]1(CCN2CCOCC2)CCCN2CCC[C@@H](C(=O)O)N2C1=O. The fourth-order valence-electron chi connectivity index (χ4n) is 5.89. The molecule has 1 aromatic rings. The third kappa shape index (κ3) is 6.91. The molecule has 1 amide bonds. The first-order valence-corrected chi connectivity index (χ1v) is 14.0. The van der Waals surface area contributed by atoms with Crippen molar-refractivity contribution in [3.05, 3.63) is 35.9 Å². The van der Waals surface area contributed by atoms with E-state index >= 15 is 0 Å². The molecule has 4 rings (SSSR count). The van der Waals surface area contributed by atoms with E-state index in [4.69, 9.17) is 9.47 Å². The Bertz CT molecular complexity index is 941. The van der Waals surface area contributed by atoms with Crippen molar-refractivity contribution in [3.8, 4) is 0 Å². The minimum absolute atomic E-state index is 0.246. The fraction of sp³-hybridized carbons (Fsp3) is 0.679. The molecule has 0 bridgehead atoms. The predicted molar refractivity (Wildman–Crippen MR) is 141 cm³/mol. The van der Waals surface area contributed by atoms with Crippen LogP contribution in [0.2, 0.25) is 0 Å². The summed E-state index contributed by atoms with van der Waals surface area (Å²) in [6.07, 6.45) is 4.00. The first-order valence-electron chi connectivity index (χ1n) is 14.0. The molecule has 10 nitrogen and oxygen atoms in total. The molecule has 1 aromatic carbocycles. The summed E-state index contributed by atoms with van der Waals surface area (Å²) in [6.45, 7) is 6.82. The van der Waals surface area contributed by atoms with Gasteiger partial charge in [0, 0.05) is 32.7 Å². The van der Waals surface area contributed by atoms with Gasteiger partial charge in [-0.25, -0.2) is 9.80 Å².